The van der Waals surface area contributed by atoms with Gasteiger partial charge in [-0.1, -0.05) is 13.3 Å². The first kappa shape index (κ1) is 10.7. The van der Waals surface area contributed by atoms with E-state index in [2.05, 4.69) is 44.8 Å². The zero-order valence-electron chi connectivity index (χ0n) is 6.81. The van der Waals surface area contributed by atoms with E-state index < -0.39 is 0 Å². The smallest absolute Gasteiger partial charge is 0.0843 e. The van der Waals surface area contributed by atoms with Gasteiger partial charge in [0.1, 0.15) is 0 Å². The zero-order chi connectivity index (χ0) is 9.14. The lowest BCUT2D eigenvalue weighted by Gasteiger charge is -2.05. The van der Waals surface area contributed by atoms with E-state index in [1.807, 2.05) is 0 Å². The molecule has 0 spiro atoms. The Hall–Kier alpha value is 0.620. The maximum Gasteiger partial charge on any atom is 0.0843 e. The Morgan fingerprint density at radius 1 is 1.58 bits per heavy atom. The van der Waals surface area contributed by atoms with Crippen LogP contribution in [0.3, 0.4) is 0 Å². The molecule has 1 atom stereocenters. The fraction of sp³-hybridized carbons (Fsp3) is 0.500. The number of hydrogen-bond acceptors (Lipinski definition) is 2. The van der Waals surface area contributed by atoms with Gasteiger partial charge in [-0.2, -0.15) is 0 Å². The monoisotopic (exact) mass is 311 g/mol. The standard InChI is InChI=1S/C8H11Br2NS/c1-2-3-6(11)7-4-5(9)8(10)12-7/h4,6H,2-3,11H2,1H3/t6-/m1/s1. The van der Waals surface area contributed by atoms with Gasteiger partial charge >= 0.3 is 0 Å². The molecule has 0 aliphatic carbocycles. The largest absolute Gasteiger partial charge is 0.323 e. The van der Waals surface area contributed by atoms with Crippen molar-refractivity contribution in [1.29, 1.82) is 0 Å². The lowest BCUT2D eigenvalue weighted by molar-refractivity contribution is 0.648. The van der Waals surface area contributed by atoms with E-state index in [4.69, 9.17) is 5.73 Å². The van der Waals surface area contributed by atoms with Crippen molar-refractivity contribution in [3.8, 4) is 0 Å². The molecule has 0 saturated carbocycles. The molecule has 2 N–H and O–H groups in total. The molecular weight excluding hydrogens is 302 g/mol. The Balaban J connectivity index is 2.74. The molecule has 68 valence electrons. The molecule has 1 aromatic rings. The summed E-state index contributed by atoms with van der Waals surface area (Å²) < 4.78 is 2.23. The highest BCUT2D eigenvalue weighted by Crippen LogP contribution is 2.35. The van der Waals surface area contributed by atoms with Gasteiger partial charge in [-0.3, -0.25) is 0 Å². The second-order valence-electron chi connectivity index (χ2n) is 2.67. The van der Waals surface area contributed by atoms with Crippen LogP contribution in [0.4, 0.5) is 0 Å². The third kappa shape index (κ3) is 2.55. The summed E-state index contributed by atoms with van der Waals surface area (Å²) in [7, 11) is 0. The van der Waals surface area contributed by atoms with E-state index >= 15 is 0 Å². The molecule has 4 heteroatoms. The van der Waals surface area contributed by atoms with Gasteiger partial charge in [0, 0.05) is 15.4 Å². The number of rotatable bonds is 3. The quantitative estimate of drug-likeness (QED) is 0.894. The fourth-order valence-electron chi connectivity index (χ4n) is 0.999. The lowest BCUT2D eigenvalue weighted by Crippen LogP contribution is -2.07. The maximum absolute atomic E-state index is 5.96. The van der Waals surface area contributed by atoms with Crippen LogP contribution in [0.2, 0.25) is 0 Å². The van der Waals surface area contributed by atoms with Crippen LogP contribution in [-0.4, -0.2) is 0 Å². The second kappa shape index (κ2) is 4.74. The highest BCUT2D eigenvalue weighted by atomic mass is 79.9. The van der Waals surface area contributed by atoms with Crippen molar-refractivity contribution < 1.29 is 0 Å². The highest BCUT2D eigenvalue weighted by Gasteiger charge is 2.10. The normalized spacial score (nSPS) is 13.3. The summed E-state index contributed by atoms with van der Waals surface area (Å²) in [6, 6.07) is 2.29. The van der Waals surface area contributed by atoms with E-state index in [0.29, 0.717) is 0 Å². The summed E-state index contributed by atoms with van der Waals surface area (Å²) in [6.07, 6.45) is 2.19. The van der Waals surface area contributed by atoms with Crippen LogP contribution in [0.1, 0.15) is 30.7 Å². The summed E-state index contributed by atoms with van der Waals surface area (Å²) in [5, 5.41) is 0. The molecule has 0 aliphatic rings. The van der Waals surface area contributed by atoms with Crippen LogP contribution in [0.5, 0.6) is 0 Å². The van der Waals surface area contributed by atoms with Crippen LogP contribution < -0.4 is 5.73 Å². The first-order valence-electron chi connectivity index (χ1n) is 3.85. The molecule has 0 aliphatic heterocycles. The summed E-state index contributed by atoms with van der Waals surface area (Å²) in [4.78, 5) is 1.25. The third-order valence-corrected chi connectivity index (χ3v) is 5.02. The first-order chi connectivity index (χ1) is 5.65. The molecule has 12 heavy (non-hydrogen) atoms. The Bertz CT molecular complexity index is 240. The van der Waals surface area contributed by atoms with Crippen molar-refractivity contribution in [2.24, 2.45) is 5.73 Å². The van der Waals surface area contributed by atoms with Crippen molar-refractivity contribution in [1.82, 2.24) is 0 Å². The first-order valence-corrected chi connectivity index (χ1v) is 6.25. The molecule has 0 radical (unpaired) electrons. The molecule has 0 saturated heterocycles. The van der Waals surface area contributed by atoms with Gasteiger partial charge in [0.2, 0.25) is 0 Å². The van der Waals surface area contributed by atoms with E-state index in [1.54, 1.807) is 11.3 Å². The maximum atomic E-state index is 5.96. The van der Waals surface area contributed by atoms with Crippen LogP contribution in [0.15, 0.2) is 14.3 Å². The Labute approximate surface area is 93.6 Å². The number of hydrogen-bond donors (Lipinski definition) is 1. The number of thiophene rings is 1. The SMILES string of the molecule is CCC[C@@H](N)c1cc(Br)c(Br)s1. The number of halogens is 2. The third-order valence-electron chi connectivity index (χ3n) is 1.63. The van der Waals surface area contributed by atoms with Gasteiger partial charge in [-0.15, -0.1) is 11.3 Å². The topological polar surface area (TPSA) is 26.0 Å². The molecule has 0 bridgehead atoms. The van der Waals surface area contributed by atoms with Crippen LogP contribution in [-0.2, 0) is 0 Å². The van der Waals surface area contributed by atoms with Gasteiger partial charge in [0.15, 0.2) is 0 Å². The molecule has 0 amide bonds. The molecule has 1 heterocycles. The molecule has 0 fully saturated rings. The minimum atomic E-state index is 0.197. The predicted octanol–water partition coefficient (Wildman–Crippen LogP) is 4.07. The Morgan fingerprint density at radius 2 is 2.25 bits per heavy atom. The van der Waals surface area contributed by atoms with Crippen LogP contribution in [0, 0.1) is 0 Å². The van der Waals surface area contributed by atoms with E-state index in [9.17, 15) is 0 Å². The van der Waals surface area contributed by atoms with E-state index in [-0.39, 0.29) is 6.04 Å². The molecular formula is C8H11Br2NS. The Morgan fingerprint density at radius 3 is 2.67 bits per heavy atom. The van der Waals surface area contributed by atoms with Gasteiger partial charge in [-0.25, -0.2) is 0 Å². The highest BCUT2D eigenvalue weighted by molar-refractivity contribution is 9.13. The van der Waals surface area contributed by atoms with Crippen molar-refractivity contribution in [3.05, 3.63) is 19.2 Å². The number of nitrogens with two attached hydrogens (primary N) is 1. The second-order valence-corrected chi connectivity index (χ2v) is 5.92. The minimum Gasteiger partial charge on any atom is -0.323 e. The van der Waals surface area contributed by atoms with Crippen molar-refractivity contribution in [2.45, 2.75) is 25.8 Å². The summed E-state index contributed by atoms with van der Waals surface area (Å²) in [5.74, 6) is 0. The summed E-state index contributed by atoms with van der Waals surface area (Å²) in [5.41, 5.74) is 5.96. The van der Waals surface area contributed by atoms with Gasteiger partial charge in [-0.05, 0) is 44.3 Å². The van der Waals surface area contributed by atoms with Crippen molar-refractivity contribution >= 4 is 43.2 Å². The summed E-state index contributed by atoms with van der Waals surface area (Å²) in [6.45, 7) is 2.15. The molecule has 0 aromatic carbocycles. The summed E-state index contributed by atoms with van der Waals surface area (Å²) >= 11 is 8.60. The van der Waals surface area contributed by atoms with Gasteiger partial charge in [0.05, 0.1) is 3.79 Å². The molecule has 0 unspecified atom stereocenters. The minimum absolute atomic E-state index is 0.197. The van der Waals surface area contributed by atoms with Gasteiger partial charge in [0.25, 0.3) is 0 Å². The Kier molecular flexibility index (Phi) is 4.23. The van der Waals surface area contributed by atoms with Crippen LogP contribution >= 0.6 is 43.2 Å². The molecule has 1 aromatic heterocycles. The van der Waals surface area contributed by atoms with Crippen molar-refractivity contribution in [3.63, 3.8) is 0 Å². The molecule has 1 nitrogen and oxygen atoms in total. The average Bonchev–Trinajstić information content (AvgIpc) is 2.33. The lowest BCUT2D eigenvalue weighted by atomic mass is 10.1. The van der Waals surface area contributed by atoms with E-state index in [1.165, 1.54) is 4.88 Å². The van der Waals surface area contributed by atoms with Crippen LogP contribution in [0.25, 0.3) is 0 Å². The average molecular weight is 313 g/mol. The van der Waals surface area contributed by atoms with Gasteiger partial charge < -0.3 is 5.73 Å². The molecule has 1 rings (SSSR count). The van der Waals surface area contributed by atoms with Crippen molar-refractivity contribution in [2.75, 3.05) is 0 Å². The zero-order valence-corrected chi connectivity index (χ0v) is 10.8. The fourth-order valence-corrected chi connectivity index (χ4v) is 3.12. The predicted molar refractivity (Wildman–Crippen MR) is 61.6 cm³/mol. The van der Waals surface area contributed by atoms with E-state index in [0.717, 1.165) is 21.1 Å².